The maximum Gasteiger partial charge on any atom is 0.472 e. The van der Waals surface area contributed by atoms with Crippen LogP contribution in [0.3, 0.4) is 0 Å². The summed E-state index contributed by atoms with van der Waals surface area (Å²) >= 11 is 0. The highest BCUT2D eigenvalue weighted by Gasteiger charge is 2.22. The van der Waals surface area contributed by atoms with E-state index in [0.717, 1.165) is 44.9 Å². The number of ether oxygens (including phenoxy) is 1. The molecule has 0 aromatic heterocycles. The summed E-state index contributed by atoms with van der Waals surface area (Å²) in [5.41, 5.74) is 5.17. The predicted molar refractivity (Wildman–Crippen MR) is 136 cm³/mol. The fraction of sp³-hybridized carbons (Fsp3) is 0.720. The summed E-state index contributed by atoms with van der Waals surface area (Å²) in [6.45, 7) is 1.37. The third-order valence-corrected chi connectivity index (χ3v) is 5.74. The summed E-state index contributed by atoms with van der Waals surface area (Å²) in [6, 6.07) is 0. The van der Waals surface area contributed by atoms with Gasteiger partial charge in [0.15, 0.2) is 0 Å². The minimum Gasteiger partial charge on any atom is -0.463 e. The molecule has 0 aliphatic rings. The molecule has 0 bridgehead atoms. The standard InChI is InChI=1S/C25H46NO7P/c1-2-3-4-5-6-7-8-9-10-11-12-13-14-15-16-17-18-19-25(28)31-22-24(27)23-33-34(29,30)32-21-20-26/h6-7,9-10,12-13,24,27H,2-5,8,11,14-23,26H2,1H3,(H,29,30)/b7-6-,10-9-,13-12-/t24-/m1/s1. The Labute approximate surface area is 205 Å². The van der Waals surface area contributed by atoms with Crippen molar-refractivity contribution in [3.8, 4) is 0 Å². The molecular weight excluding hydrogens is 457 g/mol. The van der Waals surface area contributed by atoms with Crippen molar-refractivity contribution < 1.29 is 33.1 Å². The topological polar surface area (TPSA) is 128 Å². The number of esters is 1. The maximum absolute atomic E-state index is 11.7. The quantitative estimate of drug-likeness (QED) is 0.0736. The van der Waals surface area contributed by atoms with E-state index in [1.54, 1.807) is 0 Å². The summed E-state index contributed by atoms with van der Waals surface area (Å²) in [4.78, 5) is 21.0. The number of carbonyl (C=O) groups is 1. The lowest BCUT2D eigenvalue weighted by molar-refractivity contribution is -0.147. The van der Waals surface area contributed by atoms with E-state index in [1.165, 1.54) is 25.7 Å². The van der Waals surface area contributed by atoms with E-state index >= 15 is 0 Å². The van der Waals surface area contributed by atoms with Crippen molar-refractivity contribution in [3.05, 3.63) is 36.5 Å². The molecule has 0 aliphatic carbocycles. The Bertz CT molecular complexity index is 622. The molecule has 0 aromatic rings. The second kappa shape index (κ2) is 23.5. The Morgan fingerprint density at radius 3 is 2.09 bits per heavy atom. The Kier molecular flexibility index (Phi) is 22.6. The van der Waals surface area contributed by atoms with Gasteiger partial charge in [-0.15, -0.1) is 0 Å². The van der Waals surface area contributed by atoms with E-state index in [-0.39, 0.29) is 26.2 Å². The molecule has 0 saturated carbocycles. The lowest BCUT2D eigenvalue weighted by atomic mass is 10.1. The van der Waals surface area contributed by atoms with E-state index in [0.29, 0.717) is 0 Å². The van der Waals surface area contributed by atoms with Gasteiger partial charge in [-0.25, -0.2) is 4.57 Å². The molecule has 0 amide bonds. The molecule has 0 saturated heterocycles. The zero-order valence-corrected chi connectivity index (χ0v) is 21.7. The number of aliphatic hydroxyl groups is 1. The number of phosphoric acid groups is 1. The third-order valence-electron chi connectivity index (χ3n) is 4.76. The van der Waals surface area contributed by atoms with E-state index < -0.39 is 26.5 Å². The van der Waals surface area contributed by atoms with Gasteiger partial charge in [0.1, 0.15) is 12.7 Å². The number of aliphatic hydroxyl groups excluding tert-OH is 1. The molecule has 0 aromatic carbocycles. The second-order valence-electron chi connectivity index (χ2n) is 8.06. The second-order valence-corrected chi connectivity index (χ2v) is 9.51. The van der Waals surface area contributed by atoms with Gasteiger partial charge in [0.2, 0.25) is 0 Å². The van der Waals surface area contributed by atoms with Gasteiger partial charge in [-0.3, -0.25) is 13.8 Å². The third kappa shape index (κ3) is 23.9. The molecule has 0 radical (unpaired) electrons. The summed E-state index contributed by atoms with van der Waals surface area (Å²) in [7, 11) is -4.25. The molecule has 0 heterocycles. The van der Waals surface area contributed by atoms with Gasteiger partial charge in [-0.05, 0) is 44.9 Å². The fourth-order valence-corrected chi connectivity index (χ4v) is 3.64. The minimum atomic E-state index is -4.25. The predicted octanol–water partition coefficient (Wildman–Crippen LogP) is 5.35. The number of carbonyl (C=O) groups excluding carboxylic acids is 1. The number of unbranched alkanes of at least 4 members (excludes halogenated alkanes) is 7. The molecule has 2 atom stereocenters. The Morgan fingerprint density at radius 2 is 1.47 bits per heavy atom. The number of allylic oxidation sites excluding steroid dienone is 6. The van der Waals surface area contributed by atoms with Crippen LogP contribution in [0.15, 0.2) is 36.5 Å². The molecule has 1 unspecified atom stereocenters. The number of nitrogens with two attached hydrogens (primary N) is 1. The number of hydrogen-bond donors (Lipinski definition) is 3. The summed E-state index contributed by atoms with van der Waals surface area (Å²) in [5, 5.41) is 9.68. The van der Waals surface area contributed by atoms with Crippen LogP contribution in [0, 0.1) is 0 Å². The van der Waals surface area contributed by atoms with Gasteiger partial charge in [-0.2, -0.15) is 0 Å². The fourth-order valence-electron chi connectivity index (χ4n) is 2.87. The van der Waals surface area contributed by atoms with Gasteiger partial charge in [0.05, 0.1) is 13.2 Å². The average Bonchev–Trinajstić information content (AvgIpc) is 2.82. The van der Waals surface area contributed by atoms with Crippen LogP contribution in [0.1, 0.15) is 84.0 Å². The first-order valence-corrected chi connectivity index (χ1v) is 14.0. The summed E-state index contributed by atoms with van der Waals surface area (Å²) in [5.74, 6) is -0.409. The van der Waals surface area contributed by atoms with Crippen LogP contribution in [0.5, 0.6) is 0 Å². The molecule has 0 spiro atoms. The van der Waals surface area contributed by atoms with Crippen molar-refractivity contribution in [1.82, 2.24) is 0 Å². The Morgan fingerprint density at radius 1 is 0.882 bits per heavy atom. The van der Waals surface area contributed by atoms with Crippen LogP contribution >= 0.6 is 7.82 Å². The van der Waals surface area contributed by atoms with Crippen LogP contribution < -0.4 is 5.73 Å². The van der Waals surface area contributed by atoms with Crippen molar-refractivity contribution in [1.29, 1.82) is 0 Å². The van der Waals surface area contributed by atoms with Crippen LogP contribution in [0.25, 0.3) is 0 Å². The SMILES string of the molecule is CCCCC/C=C\C/C=C\C/C=C\CCCCCCC(=O)OC[C@@H](O)COP(=O)(O)OCCN. The van der Waals surface area contributed by atoms with Crippen LogP contribution in [-0.4, -0.2) is 48.4 Å². The van der Waals surface area contributed by atoms with E-state index in [2.05, 4.69) is 52.4 Å². The highest BCUT2D eigenvalue weighted by molar-refractivity contribution is 7.47. The molecule has 0 rings (SSSR count). The molecule has 198 valence electrons. The zero-order valence-electron chi connectivity index (χ0n) is 20.8. The van der Waals surface area contributed by atoms with Crippen molar-refractivity contribution in [3.63, 3.8) is 0 Å². The van der Waals surface area contributed by atoms with Crippen LogP contribution in [0.4, 0.5) is 0 Å². The molecule has 0 fully saturated rings. The number of phosphoric ester groups is 1. The smallest absolute Gasteiger partial charge is 0.463 e. The molecule has 9 heteroatoms. The summed E-state index contributed by atoms with van der Waals surface area (Å²) < 4.78 is 25.5. The van der Waals surface area contributed by atoms with E-state index in [9.17, 15) is 19.4 Å². The Hall–Kier alpha value is -1.28. The largest absolute Gasteiger partial charge is 0.472 e. The molecule has 34 heavy (non-hydrogen) atoms. The van der Waals surface area contributed by atoms with Gasteiger partial charge >= 0.3 is 13.8 Å². The lowest BCUT2D eigenvalue weighted by Crippen LogP contribution is -2.23. The normalized spacial score (nSPS) is 14.8. The summed E-state index contributed by atoms with van der Waals surface area (Å²) in [6.07, 6.45) is 24.2. The van der Waals surface area contributed by atoms with Gasteiger partial charge in [0, 0.05) is 13.0 Å². The van der Waals surface area contributed by atoms with Gasteiger partial charge < -0.3 is 20.5 Å². The van der Waals surface area contributed by atoms with E-state index in [4.69, 9.17) is 10.5 Å². The Balaban J connectivity index is 3.58. The van der Waals surface area contributed by atoms with Crippen LogP contribution in [-0.2, 0) is 23.1 Å². The first-order valence-electron chi connectivity index (χ1n) is 12.5. The monoisotopic (exact) mass is 503 g/mol. The van der Waals surface area contributed by atoms with Gasteiger partial charge in [0.25, 0.3) is 0 Å². The molecular formula is C25H46NO7P. The highest BCUT2D eigenvalue weighted by Crippen LogP contribution is 2.42. The number of hydrogen-bond acceptors (Lipinski definition) is 7. The highest BCUT2D eigenvalue weighted by atomic mass is 31.2. The number of rotatable bonds is 23. The van der Waals surface area contributed by atoms with Crippen molar-refractivity contribution >= 4 is 13.8 Å². The van der Waals surface area contributed by atoms with Crippen LogP contribution in [0.2, 0.25) is 0 Å². The average molecular weight is 504 g/mol. The maximum atomic E-state index is 11.7. The molecule has 8 nitrogen and oxygen atoms in total. The zero-order chi connectivity index (χ0) is 25.3. The first-order chi connectivity index (χ1) is 16.4. The van der Waals surface area contributed by atoms with Crippen molar-refractivity contribution in [2.24, 2.45) is 5.73 Å². The lowest BCUT2D eigenvalue weighted by Gasteiger charge is -2.15. The minimum absolute atomic E-state index is 0.0694. The van der Waals surface area contributed by atoms with Crippen molar-refractivity contribution in [2.75, 3.05) is 26.4 Å². The molecule has 4 N–H and O–H groups in total. The first kappa shape index (κ1) is 32.7. The van der Waals surface area contributed by atoms with Gasteiger partial charge in [-0.1, -0.05) is 69.1 Å². The molecule has 0 aliphatic heterocycles. The van der Waals surface area contributed by atoms with E-state index in [1.807, 2.05) is 0 Å². The van der Waals surface area contributed by atoms with Crippen molar-refractivity contribution in [2.45, 2.75) is 90.1 Å².